The van der Waals surface area contributed by atoms with Crippen molar-refractivity contribution in [1.82, 2.24) is 10.2 Å². The van der Waals surface area contributed by atoms with E-state index in [0.717, 1.165) is 10.5 Å². The fourth-order valence-electron chi connectivity index (χ4n) is 3.56. The maximum atomic E-state index is 12.7. The van der Waals surface area contributed by atoms with Gasteiger partial charge >= 0.3 is 18.2 Å². The van der Waals surface area contributed by atoms with Crippen LogP contribution in [0.5, 0.6) is 0 Å². The molecule has 0 aromatic heterocycles. The molecule has 0 bridgehead atoms. The molecule has 2 saturated heterocycles. The standard InChI is InChI=1S/C18H21N3O6/c1-12-6-5-9-21(12,18(25)26)17(24)20-10-14(15(20)22)19-16(23)27-11-13-7-3-2-4-8-13/h2-4,7-8,12,14H,5-6,9-11H2,1H3,(H-,19,23,25,26)/p+1/t12?,14?,21-/m0/s1. The van der Waals surface area contributed by atoms with E-state index in [9.17, 15) is 24.3 Å². The predicted molar refractivity (Wildman–Crippen MR) is 92.5 cm³/mol. The summed E-state index contributed by atoms with van der Waals surface area (Å²) in [6, 6.07) is 7.05. The highest BCUT2D eigenvalue weighted by molar-refractivity contribution is 6.03. The summed E-state index contributed by atoms with van der Waals surface area (Å²) in [7, 11) is 0. The SMILES string of the molecule is CC1CCC[N@@+]1(C(=O)O)C(=O)N1CC(NC(=O)OCc2ccccc2)C1=O. The molecule has 2 heterocycles. The lowest BCUT2D eigenvalue weighted by atomic mass is 10.1. The molecule has 0 radical (unpaired) electrons. The van der Waals surface area contributed by atoms with Crippen LogP contribution in [0.25, 0.3) is 0 Å². The van der Waals surface area contributed by atoms with Crippen molar-refractivity contribution in [1.29, 1.82) is 0 Å². The van der Waals surface area contributed by atoms with E-state index in [1.54, 1.807) is 19.1 Å². The molecular weight excluding hydrogens is 354 g/mol. The van der Waals surface area contributed by atoms with E-state index in [-0.39, 0.29) is 19.7 Å². The molecule has 144 valence electrons. The molecule has 1 aromatic carbocycles. The van der Waals surface area contributed by atoms with Gasteiger partial charge in [-0.15, -0.1) is 4.48 Å². The Hall–Kier alpha value is -2.94. The fourth-order valence-corrected chi connectivity index (χ4v) is 3.56. The number of amides is 5. The minimum Gasteiger partial charge on any atom is -0.445 e. The summed E-state index contributed by atoms with van der Waals surface area (Å²) in [6.45, 7) is 1.86. The van der Waals surface area contributed by atoms with Gasteiger partial charge in [-0.2, -0.15) is 4.79 Å². The number of benzene rings is 1. The maximum Gasteiger partial charge on any atom is 0.523 e. The topological polar surface area (TPSA) is 113 Å². The monoisotopic (exact) mass is 376 g/mol. The van der Waals surface area contributed by atoms with Gasteiger partial charge in [-0.05, 0) is 12.5 Å². The zero-order valence-corrected chi connectivity index (χ0v) is 15.0. The quantitative estimate of drug-likeness (QED) is 0.616. The summed E-state index contributed by atoms with van der Waals surface area (Å²) in [5.74, 6) is -0.616. The molecule has 5 amide bonds. The van der Waals surface area contributed by atoms with Crippen LogP contribution in [0.4, 0.5) is 14.4 Å². The van der Waals surface area contributed by atoms with Gasteiger partial charge in [-0.3, -0.25) is 4.79 Å². The summed E-state index contributed by atoms with van der Waals surface area (Å²) < 4.78 is 4.28. The van der Waals surface area contributed by atoms with Gasteiger partial charge in [0.25, 0.3) is 5.91 Å². The molecule has 3 rings (SSSR count). The summed E-state index contributed by atoms with van der Waals surface area (Å²) >= 11 is 0. The average molecular weight is 376 g/mol. The molecular formula is C18H22N3O6+. The molecule has 2 unspecified atom stereocenters. The Kier molecular flexibility index (Phi) is 5.13. The minimum atomic E-state index is -1.25. The molecule has 0 spiro atoms. The van der Waals surface area contributed by atoms with Gasteiger partial charge in [0.15, 0.2) is 0 Å². The second-order valence-corrected chi connectivity index (χ2v) is 6.86. The number of carboxylic acid groups (broad SMARTS) is 1. The summed E-state index contributed by atoms with van der Waals surface area (Å²) in [5, 5.41) is 12.0. The van der Waals surface area contributed by atoms with Crippen LogP contribution in [0.15, 0.2) is 30.3 Å². The van der Waals surface area contributed by atoms with E-state index >= 15 is 0 Å². The first kappa shape index (κ1) is 18.8. The number of hydrogen-bond acceptors (Lipinski definition) is 5. The third kappa shape index (κ3) is 3.37. The summed E-state index contributed by atoms with van der Waals surface area (Å²) in [4.78, 5) is 49.4. The predicted octanol–water partition coefficient (Wildman–Crippen LogP) is 1.92. The Labute approximate surface area is 156 Å². The van der Waals surface area contributed by atoms with Crippen LogP contribution in [0.1, 0.15) is 25.3 Å². The molecule has 3 atom stereocenters. The van der Waals surface area contributed by atoms with Crippen LogP contribution in [0.2, 0.25) is 0 Å². The van der Waals surface area contributed by atoms with Gasteiger partial charge < -0.3 is 15.2 Å². The van der Waals surface area contributed by atoms with E-state index in [1.165, 1.54) is 0 Å². The molecule has 2 fully saturated rings. The Morgan fingerprint density at radius 1 is 1.30 bits per heavy atom. The highest BCUT2D eigenvalue weighted by atomic mass is 16.5. The number of likely N-dealkylation sites (tertiary alicyclic amines) is 2. The van der Waals surface area contributed by atoms with Gasteiger partial charge in [0.1, 0.15) is 18.7 Å². The van der Waals surface area contributed by atoms with E-state index in [4.69, 9.17) is 4.74 Å². The molecule has 2 aliphatic rings. The van der Waals surface area contributed by atoms with Crippen molar-refractivity contribution in [3.8, 4) is 0 Å². The van der Waals surface area contributed by atoms with Crippen LogP contribution >= 0.6 is 0 Å². The van der Waals surface area contributed by atoms with Gasteiger partial charge in [0, 0.05) is 12.8 Å². The van der Waals surface area contributed by atoms with Gasteiger partial charge in [-0.25, -0.2) is 14.5 Å². The van der Waals surface area contributed by atoms with Crippen LogP contribution in [0.3, 0.4) is 0 Å². The van der Waals surface area contributed by atoms with Gasteiger partial charge in [0.05, 0.1) is 13.1 Å². The van der Waals surface area contributed by atoms with E-state index in [0.29, 0.717) is 12.8 Å². The number of β-lactam (4-membered cyclic amide) rings is 1. The number of carbonyl (C=O) groups is 4. The van der Waals surface area contributed by atoms with Crippen molar-refractivity contribution >= 4 is 24.1 Å². The average Bonchev–Trinajstić information content (AvgIpc) is 3.05. The molecule has 2 aliphatic heterocycles. The summed E-state index contributed by atoms with van der Waals surface area (Å²) in [5.41, 5.74) is 0.806. The fraction of sp³-hybridized carbons (Fsp3) is 0.444. The molecule has 0 aliphatic carbocycles. The Morgan fingerprint density at radius 3 is 2.56 bits per heavy atom. The third-order valence-electron chi connectivity index (χ3n) is 5.23. The Balaban J connectivity index is 1.54. The zero-order chi connectivity index (χ0) is 19.6. The summed E-state index contributed by atoms with van der Waals surface area (Å²) in [6.07, 6.45) is -0.806. The van der Waals surface area contributed by atoms with Crippen molar-refractivity contribution in [2.45, 2.75) is 38.5 Å². The lowest BCUT2D eigenvalue weighted by molar-refractivity contribution is -0.790. The Bertz CT molecular complexity index is 768. The molecule has 1 aromatic rings. The van der Waals surface area contributed by atoms with E-state index in [2.05, 4.69) is 5.32 Å². The first-order valence-electron chi connectivity index (χ1n) is 8.80. The smallest absolute Gasteiger partial charge is 0.445 e. The van der Waals surface area contributed by atoms with Crippen molar-refractivity contribution in [3.63, 3.8) is 0 Å². The molecule has 0 saturated carbocycles. The van der Waals surface area contributed by atoms with Crippen LogP contribution in [0, 0.1) is 0 Å². The molecule has 27 heavy (non-hydrogen) atoms. The van der Waals surface area contributed by atoms with Gasteiger partial charge in [-0.1, -0.05) is 30.3 Å². The van der Waals surface area contributed by atoms with E-state index < -0.39 is 40.7 Å². The Morgan fingerprint density at radius 2 is 2.00 bits per heavy atom. The zero-order valence-electron chi connectivity index (χ0n) is 15.0. The molecule has 9 nitrogen and oxygen atoms in total. The number of nitrogens with one attached hydrogen (secondary N) is 1. The number of urea groups is 1. The van der Waals surface area contributed by atoms with Crippen LogP contribution in [-0.4, -0.2) is 63.8 Å². The first-order valence-corrected chi connectivity index (χ1v) is 8.80. The third-order valence-corrected chi connectivity index (χ3v) is 5.23. The van der Waals surface area contributed by atoms with E-state index in [1.807, 2.05) is 18.2 Å². The maximum absolute atomic E-state index is 12.7. The lowest BCUT2D eigenvalue weighted by Gasteiger charge is -2.40. The minimum absolute atomic E-state index is 0.0574. The van der Waals surface area contributed by atoms with Gasteiger partial charge in [0.2, 0.25) is 0 Å². The van der Waals surface area contributed by atoms with Crippen molar-refractivity contribution < 1.29 is 33.5 Å². The normalized spacial score (nSPS) is 27.0. The molecule has 2 N–H and O–H groups in total. The number of rotatable bonds is 3. The number of carbonyl (C=O) groups excluding carboxylic acids is 3. The molecule has 9 heteroatoms. The highest BCUT2D eigenvalue weighted by Crippen LogP contribution is 2.31. The van der Waals surface area contributed by atoms with Crippen LogP contribution in [-0.2, 0) is 16.1 Å². The largest absolute Gasteiger partial charge is 0.523 e. The second-order valence-electron chi connectivity index (χ2n) is 6.86. The highest BCUT2D eigenvalue weighted by Gasteiger charge is 2.59. The number of quaternary nitrogens is 1. The van der Waals surface area contributed by atoms with Crippen molar-refractivity contribution in [2.24, 2.45) is 0 Å². The number of hydrogen-bond donors (Lipinski definition) is 2. The van der Waals surface area contributed by atoms with Crippen LogP contribution < -0.4 is 5.32 Å². The van der Waals surface area contributed by atoms with Crippen molar-refractivity contribution in [2.75, 3.05) is 13.1 Å². The number of imide groups is 2. The number of ether oxygens (including phenoxy) is 1. The number of alkyl carbamates (subject to hydrolysis) is 1. The lowest BCUT2D eigenvalue weighted by Crippen LogP contribution is -2.72. The van der Waals surface area contributed by atoms with Crippen molar-refractivity contribution in [3.05, 3.63) is 35.9 Å². The number of nitrogens with zero attached hydrogens (tertiary/aromatic N) is 2. The second kappa shape index (κ2) is 7.36. The first-order chi connectivity index (χ1) is 12.9.